The van der Waals surface area contributed by atoms with Crippen molar-refractivity contribution in [2.75, 3.05) is 35.0 Å². The Balaban J connectivity index is 2.25. The van der Waals surface area contributed by atoms with E-state index in [1.165, 1.54) is 28.4 Å². The van der Waals surface area contributed by atoms with Gasteiger partial charge in [-0.25, -0.2) is 8.42 Å². The zero-order valence-electron chi connectivity index (χ0n) is 28.5. The molecule has 0 amide bonds. The van der Waals surface area contributed by atoms with Crippen molar-refractivity contribution in [1.29, 1.82) is 0 Å². The number of hydrogen-bond donors (Lipinski definition) is 0. The normalized spacial score (nSPS) is 20.5. The molecule has 0 spiro atoms. The first kappa shape index (κ1) is 38.8. The minimum Gasteiger partial charge on any atom is -0.497 e. The maximum absolute atomic E-state index is 14.9. The Kier molecular flexibility index (Phi) is 13.6. The van der Waals surface area contributed by atoms with Crippen LogP contribution < -0.4 is 18.9 Å². The van der Waals surface area contributed by atoms with Gasteiger partial charge in [0, 0.05) is 64.0 Å². The molecule has 3 rings (SSSR count). The van der Waals surface area contributed by atoms with Crippen molar-refractivity contribution in [2.45, 2.75) is 70.6 Å². The van der Waals surface area contributed by atoms with Gasteiger partial charge in [0.05, 0.1) is 28.4 Å². The van der Waals surface area contributed by atoms with Crippen LogP contribution in [0, 0.1) is 0 Å². The van der Waals surface area contributed by atoms with Gasteiger partial charge in [-0.05, 0) is 12.1 Å². The molecule has 16 nitrogen and oxygen atoms in total. The second-order valence-corrected chi connectivity index (χ2v) is 12.7. The second kappa shape index (κ2) is 17.2. The molecule has 0 N–H and O–H groups in total. The minimum absolute atomic E-state index is 0.294. The van der Waals surface area contributed by atoms with Crippen LogP contribution in [-0.2, 0) is 66.0 Å². The number of carbonyl (C=O) groups excluding carboxylic acids is 4. The lowest BCUT2D eigenvalue weighted by molar-refractivity contribution is -0.239. The lowest BCUT2D eigenvalue weighted by Gasteiger charge is -2.45. The third kappa shape index (κ3) is 9.96. The van der Waals surface area contributed by atoms with Gasteiger partial charge in [-0.3, -0.25) is 19.2 Å². The van der Waals surface area contributed by atoms with Crippen molar-refractivity contribution >= 4 is 33.9 Å². The fraction of sp³-hybridized carbons (Fsp3) is 0.500. The van der Waals surface area contributed by atoms with Gasteiger partial charge in [-0.1, -0.05) is 12.1 Å². The molecular weight excluding hydrogens is 670 g/mol. The number of nitrogens with zero attached hydrogens (tertiary/aromatic N) is 1. The SMILES string of the molecule is COc1ccc(CN(Cc2ccc(OC)cc2OC)S(=O)(=O)[C@@H]2O[C@H](COC(C)=O)[C@@H](OC(C)=O)[C@H](OC(C)=O)[C@H]2OC(C)=O)c(OC)c1. The van der Waals surface area contributed by atoms with E-state index in [9.17, 15) is 27.6 Å². The molecule has 0 aliphatic carbocycles. The van der Waals surface area contributed by atoms with Crippen LogP contribution in [0.4, 0.5) is 0 Å². The molecule has 0 aromatic heterocycles. The largest absolute Gasteiger partial charge is 0.497 e. The van der Waals surface area contributed by atoms with Crippen molar-refractivity contribution < 1.29 is 70.2 Å². The average molecular weight is 712 g/mol. The first-order valence-corrected chi connectivity index (χ1v) is 16.4. The number of methoxy groups -OCH3 is 4. The van der Waals surface area contributed by atoms with Crippen molar-refractivity contribution in [2.24, 2.45) is 0 Å². The summed E-state index contributed by atoms with van der Waals surface area (Å²) in [6.45, 7) is 2.97. The Bertz CT molecular complexity index is 1550. The molecule has 0 saturated carbocycles. The zero-order valence-corrected chi connectivity index (χ0v) is 29.3. The molecule has 1 aliphatic rings. The highest BCUT2D eigenvalue weighted by atomic mass is 32.2. The van der Waals surface area contributed by atoms with Crippen LogP contribution >= 0.6 is 0 Å². The van der Waals surface area contributed by atoms with Crippen molar-refractivity contribution in [3.63, 3.8) is 0 Å². The predicted molar refractivity (Wildman–Crippen MR) is 169 cm³/mol. The van der Waals surface area contributed by atoms with Crippen molar-refractivity contribution in [3.8, 4) is 23.0 Å². The Labute approximate surface area is 284 Å². The summed E-state index contributed by atoms with van der Waals surface area (Å²) in [6.07, 6.45) is -6.60. The first-order chi connectivity index (χ1) is 23.1. The van der Waals surface area contributed by atoms with Crippen LogP contribution in [0.5, 0.6) is 23.0 Å². The lowest BCUT2D eigenvalue weighted by atomic mass is 9.99. The second-order valence-electron chi connectivity index (χ2n) is 10.7. The Hall–Kier alpha value is -4.61. The smallest absolute Gasteiger partial charge is 0.303 e. The summed E-state index contributed by atoms with van der Waals surface area (Å²) >= 11 is 0. The standard InChI is InChI=1S/C32H41NO15S/c1-18(34)44-17-28-29(45-19(2)35)30(46-20(3)36)31(47-21(4)37)32(48-28)49(38,39)33(15-22-9-11-24(40-5)13-26(22)42-7)16-23-10-12-25(41-6)14-27(23)43-8/h9-14,28-32H,15-17H2,1-8H3/t28-,29-,30+,31-,32+/m1/s1. The van der Waals surface area contributed by atoms with E-state index in [1.807, 2.05) is 0 Å². The molecule has 1 fully saturated rings. The van der Waals surface area contributed by atoms with Crippen LogP contribution in [0.3, 0.4) is 0 Å². The summed E-state index contributed by atoms with van der Waals surface area (Å²) in [7, 11) is 0.939. The molecule has 2 aromatic rings. The van der Waals surface area contributed by atoms with Gasteiger partial charge >= 0.3 is 23.9 Å². The summed E-state index contributed by atoms with van der Waals surface area (Å²) in [6, 6.07) is 9.60. The van der Waals surface area contributed by atoms with E-state index in [4.69, 9.17) is 42.6 Å². The fourth-order valence-corrected chi connectivity index (χ4v) is 6.92. The summed E-state index contributed by atoms with van der Waals surface area (Å²) in [5.74, 6) is -1.99. The summed E-state index contributed by atoms with van der Waals surface area (Å²) in [5.41, 5.74) is -1.27. The third-order valence-corrected chi connectivity index (χ3v) is 9.23. The Morgan fingerprint density at radius 2 is 1.10 bits per heavy atom. The Morgan fingerprint density at radius 1 is 0.653 bits per heavy atom. The summed E-state index contributed by atoms with van der Waals surface area (Å²) in [5, 5.41) is 0. The van der Waals surface area contributed by atoms with Crippen LogP contribution in [0.2, 0.25) is 0 Å². The molecule has 5 atom stereocenters. The molecule has 2 aromatic carbocycles. The number of ether oxygens (including phenoxy) is 9. The highest BCUT2D eigenvalue weighted by molar-refractivity contribution is 7.89. The van der Waals surface area contributed by atoms with E-state index >= 15 is 0 Å². The van der Waals surface area contributed by atoms with E-state index in [-0.39, 0.29) is 13.1 Å². The highest BCUT2D eigenvalue weighted by Crippen LogP contribution is 2.36. The van der Waals surface area contributed by atoms with Gasteiger partial charge in [0.1, 0.15) is 35.7 Å². The topological polar surface area (TPSA) is 189 Å². The number of benzene rings is 2. The molecule has 1 saturated heterocycles. The van der Waals surface area contributed by atoms with E-state index in [0.29, 0.717) is 34.1 Å². The maximum atomic E-state index is 14.9. The number of carbonyl (C=O) groups is 4. The zero-order chi connectivity index (χ0) is 36.5. The third-order valence-electron chi connectivity index (χ3n) is 7.28. The van der Waals surface area contributed by atoms with Gasteiger partial charge in [-0.2, -0.15) is 4.31 Å². The first-order valence-electron chi connectivity index (χ1n) is 14.9. The van der Waals surface area contributed by atoms with Crippen LogP contribution in [0.15, 0.2) is 36.4 Å². The Morgan fingerprint density at radius 3 is 1.51 bits per heavy atom. The molecule has 0 unspecified atom stereocenters. The maximum Gasteiger partial charge on any atom is 0.303 e. The van der Waals surface area contributed by atoms with Gasteiger partial charge in [0.25, 0.3) is 0 Å². The number of sulfonamides is 1. The van der Waals surface area contributed by atoms with E-state index in [1.54, 1.807) is 36.4 Å². The molecule has 17 heteroatoms. The predicted octanol–water partition coefficient (Wildman–Crippen LogP) is 2.14. The van der Waals surface area contributed by atoms with Crippen molar-refractivity contribution in [3.05, 3.63) is 47.5 Å². The monoisotopic (exact) mass is 711 g/mol. The quantitative estimate of drug-likeness (QED) is 0.193. The molecule has 270 valence electrons. The highest BCUT2D eigenvalue weighted by Gasteiger charge is 2.57. The number of esters is 4. The average Bonchev–Trinajstić information content (AvgIpc) is 3.04. The summed E-state index contributed by atoms with van der Waals surface area (Å²) < 4.78 is 79.9. The van der Waals surface area contributed by atoms with Gasteiger partial charge in [-0.15, -0.1) is 0 Å². The van der Waals surface area contributed by atoms with E-state index < -0.39 is 70.4 Å². The molecule has 0 bridgehead atoms. The van der Waals surface area contributed by atoms with Gasteiger partial charge in [0.2, 0.25) is 15.5 Å². The van der Waals surface area contributed by atoms with Gasteiger partial charge in [0.15, 0.2) is 18.3 Å². The number of rotatable bonds is 15. The summed E-state index contributed by atoms with van der Waals surface area (Å²) in [4.78, 5) is 48.7. The van der Waals surface area contributed by atoms with E-state index in [0.717, 1.165) is 32.0 Å². The molecule has 49 heavy (non-hydrogen) atoms. The van der Waals surface area contributed by atoms with Gasteiger partial charge < -0.3 is 42.6 Å². The molecule has 1 heterocycles. The van der Waals surface area contributed by atoms with Crippen LogP contribution in [-0.4, -0.2) is 101 Å². The number of hydrogen-bond acceptors (Lipinski definition) is 15. The molecule has 0 radical (unpaired) electrons. The van der Waals surface area contributed by atoms with Crippen LogP contribution in [0.25, 0.3) is 0 Å². The molecular formula is C32H41NO15S. The fourth-order valence-electron chi connectivity index (χ4n) is 5.16. The lowest BCUT2D eigenvalue weighted by Crippen LogP contribution is -2.65. The minimum atomic E-state index is -4.80. The molecule has 1 aliphatic heterocycles. The van der Waals surface area contributed by atoms with Crippen molar-refractivity contribution in [1.82, 2.24) is 4.31 Å². The van der Waals surface area contributed by atoms with Crippen LogP contribution in [0.1, 0.15) is 38.8 Å². The van der Waals surface area contributed by atoms with E-state index in [2.05, 4.69) is 0 Å².